The van der Waals surface area contributed by atoms with Crippen LogP contribution in [0, 0.1) is 0 Å². The number of carboxylic acid groups (broad SMARTS) is 1. The summed E-state index contributed by atoms with van der Waals surface area (Å²) >= 11 is 1.21. The average Bonchev–Trinajstić information content (AvgIpc) is 2.86. The van der Waals surface area contributed by atoms with Gasteiger partial charge in [-0.2, -0.15) is 0 Å². The number of amides is 1. The number of rotatable bonds is 6. The summed E-state index contributed by atoms with van der Waals surface area (Å²) < 4.78 is 0. The fourth-order valence-electron chi connectivity index (χ4n) is 2.91. The second-order valence-electron chi connectivity index (χ2n) is 6.35. The number of thiophene rings is 1. The summed E-state index contributed by atoms with van der Waals surface area (Å²) in [5, 5.41) is 10.5. The van der Waals surface area contributed by atoms with Crippen LogP contribution in [0.5, 0.6) is 0 Å². The van der Waals surface area contributed by atoms with Crippen molar-refractivity contribution in [3.05, 3.63) is 21.9 Å². The van der Waals surface area contributed by atoms with E-state index in [1.807, 2.05) is 18.7 Å². The first-order valence-corrected chi connectivity index (χ1v) is 9.22. The van der Waals surface area contributed by atoms with Crippen LogP contribution in [-0.4, -0.2) is 59.0 Å². The smallest absolute Gasteiger partial charge is 0.336 e. The van der Waals surface area contributed by atoms with E-state index in [0.717, 1.165) is 19.6 Å². The summed E-state index contributed by atoms with van der Waals surface area (Å²) in [6.07, 6.45) is 5.08. The van der Waals surface area contributed by atoms with Crippen LogP contribution < -0.4 is 0 Å². The van der Waals surface area contributed by atoms with Crippen molar-refractivity contribution >= 4 is 23.2 Å². The standard InChI is InChI=1S/C17H26N2O3S/c1-13(2)19(10-9-18-7-5-3-4-6-8-18)16(20)15-11-14(12-23-15)17(21)22/h11-13H,3-10H2,1-2H3,(H,21,22). The molecule has 0 radical (unpaired) electrons. The molecular formula is C17H26N2O3S. The Labute approximate surface area is 141 Å². The lowest BCUT2D eigenvalue weighted by atomic mass is 10.2. The van der Waals surface area contributed by atoms with E-state index in [1.54, 1.807) is 0 Å². The van der Waals surface area contributed by atoms with Gasteiger partial charge in [0.05, 0.1) is 10.4 Å². The van der Waals surface area contributed by atoms with Crippen molar-refractivity contribution in [3.8, 4) is 0 Å². The van der Waals surface area contributed by atoms with Gasteiger partial charge < -0.3 is 14.9 Å². The van der Waals surface area contributed by atoms with Gasteiger partial charge in [-0.15, -0.1) is 11.3 Å². The monoisotopic (exact) mass is 338 g/mol. The zero-order valence-electron chi connectivity index (χ0n) is 14.0. The molecule has 1 aromatic rings. The first-order chi connectivity index (χ1) is 11.0. The zero-order valence-corrected chi connectivity index (χ0v) is 14.8. The maximum Gasteiger partial charge on any atom is 0.336 e. The number of aromatic carboxylic acids is 1. The van der Waals surface area contributed by atoms with E-state index in [1.165, 1.54) is 48.5 Å². The van der Waals surface area contributed by atoms with E-state index >= 15 is 0 Å². The minimum atomic E-state index is -0.985. The molecule has 1 amide bonds. The highest BCUT2D eigenvalue weighted by atomic mass is 32.1. The van der Waals surface area contributed by atoms with Gasteiger partial charge in [0.25, 0.3) is 5.91 Å². The lowest BCUT2D eigenvalue weighted by Gasteiger charge is -2.29. The highest BCUT2D eigenvalue weighted by Gasteiger charge is 2.22. The van der Waals surface area contributed by atoms with Crippen molar-refractivity contribution in [1.29, 1.82) is 0 Å². The summed E-state index contributed by atoms with van der Waals surface area (Å²) in [4.78, 5) is 28.5. The average molecular weight is 338 g/mol. The summed E-state index contributed by atoms with van der Waals surface area (Å²) in [7, 11) is 0. The molecule has 1 aromatic heterocycles. The lowest BCUT2D eigenvalue weighted by molar-refractivity contribution is 0.0686. The van der Waals surface area contributed by atoms with Gasteiger partial charge in [-0.1, -0.05) is 12.8 Å². The Kier molecular flexibility index (Phi) is 6.59. The Balaban J connectivity index is 1.98. The number of carbonyl (C=O) groups is 2. The molecule has 0 aliphatic carbocycles. The summed E-state index contributed by atoms with van der Waals surface area (Å²) in [5.41, 5.74) is 0.189. The number of hydrogen-bond donors (Lipinski definition) is 1. The summed E-state index contributed by atoms with van der Waals surface area (Å²) in [5.74, 6) is -1.05. The Hall–Kier alpha value is -1.40. The Morgan fingerprint density at radius 3 is 2.43 bits per heavy atom. The van der Waals surface area contributed by atoms with E-state index in [-0.39, 0.29) is 17.5 Å². The molecule has 128 valence electrons. The highest BCUT2D eigenvalue weighted by molar-refractivity contribution is 7.12. The van der Waals surface area contributed by atoms with Crippen LogP contribution in [0.25, 0.3) is 0 Å². The predicted molar refractivity (Wildman–Crippen MR) is 92.4 cm³/mol. The van der Waals surface area contributed by atoms with Crippen LogP contribution in [0.2, 0.25) is 0 Å². The van der Waals surface area contributed by atoms with Crippen molar-refractivity contribution in [2.24, 2.45) is 0 Å². The molecule has 0 atom stereocenters. The van der Waals surface area contributed by atoms with Crippen molar-refractivity contribution in [1.82, 2.24) is 9.80 Å². The van der Waals surface area contributed by atoms with Gasteiger partial charge >= 0.3 is 5.97 Å². The normalized spacial score (nSPS) is 16.3. The minimum Gasteiger partial charge on any atom is -0.478 e. The molecule has 0 spiro atoms. The van der Waals surface area contributed by atoms with Gasteiger partial charge in [0.1, 0.15) is 0 Å². The molecule has 2 rings (SSSR count). The van der Waals surface area contributed by atoms with Gasteiger partial charge in [0.15, 0.2) is 0 Å². The number of carboxylic acids is 1. The molecule has 0 saturated carbocycles. The Morgan fingerprint density at radius 2 is 1.91 bits per heavy atom. The molecule has 2 heterocycles. The number of carbonyl (C=O) groups excluding carboxylic acids is 1. The molecule has 1 aliphatic heterocycles. The van der Waals surface area contributed by atoms with Crippen LogP contribution in [0.15, 0.2) is 11.4 Å². The van der Waals surface area contributed by atoms with Crippen molar-refractivity contribution < 1.29 is 14.7 Å². The second kappa shape index (κ2) is 8.45. The zero-order chi connectivity index (χ0) is 16.8. The summed E-state index contributed by atoms with van der Waals surface area (Å²) in [6.45, 7) is 7.82. The van der Waals surface area contributed by atoms with E-state index in [4.69, 9.17) is 5.11 Å². The lowest BCUT2D eigenvalue weighted by Crippen LogP contribution is -2.42. The predicted octanol–water partition coefficient (Wildman–Crippen LogP) is 3.17. The van der Waals surface area contributed by atoms with Gasteiger partial charge in [-0.3, -0.25) is 4.79 Å². The minimum absolute atomic E-state index is 0.0627. The van der Waals surface area contributed by atoms with Crippen molar-refractivity contribution in [2.75, 3.05) is 26.2 Å². The molecule has 0 bridgehead atoms. The topological polar surface area (TPSA) is 60.9 Å². The maximum absolute atomic E-state index is 12.7. The molecule has 1 fully saturated rings. The van der Waals surface area contributed by atoms with E-state index in [0.29, 0.717) is 11.4 Å². The summed E-state index contributed by atoms with van der Waals surface area (Å²) in [6, 6.07) is 1.58. The van der Waals surface area contributed by atoms with Gasteiger partial charge in [0.2, 0.25) is 0 Å². The van der Waals surface area contributed by atoms with Crippen LogP contribution in [0.4, 0.5) is 0 Å². The molecule has 5 nitrogen and oxygen atoms in total. The molecule has 0 aromatic carbocycles. The van der Waals surface area contributed by atoms with E-state index in [9.17, 15) is 9.59 Å². The van der Waals surface area contributed by atoms with Crippen LogP contribution in [0.3, 0.4) is 0 Å². The quantitative estimate of drug-likeness (QED) is 0.865. The number of nitrogens with zero attached hydrogens (tertiary/aromatic N) is 2. The second-order valence-corrected chi connectivity index (χ2v) is 7.26. The third-order valence-electron chi connectivity index (χ3n) is 4.30. The fourth-order valence-corrected chi connectivity index (χ4v) is 3.74. The Morgan fingerprint density at radius 1 is 1.26 bits per heavy atom. The van der Waals surface area contributed by atoms with Gasteiger partial charge in [0, 0.05) is 24.5 Å². The Bertz CT molecular complexity index is 534. The largest absolute Gasteiger partial charge is 0.478 e. The maximum atomic E-state index is 12.7. The van der Waals surface area contributed by atoms with E-state index in [2.05, 4.69) is 4.90 Å². The molecule has 1 N–H and O–H groups in total. The molecular weight excluding hydrogens is 312 g/mol. The first-order valence-electron chi connectivity index (χ1n) is 8.34. The van der Waals surface area contributed by atoms with Gasteiger partial charge in [-0.05, 0) is 45.8 Å². The third-order valence-corrected chi connectivity index (χ3v) is 5.22. The van der Waals surface area contributed by atoms with Crippen molar-refractivity contribution in [3.63, 3.8) is 0 Å². The third kappa shape index (κ3) is 5.04. The SMILES string of the molecule is CC(C)N(CCN1CCCCCC1)C(=O)c1cc(C(=O)O)cs1. The molecule has 6 heteroatoms. The molecule has 1 aliphatic rings. The highest BCUT2D eigenvalue weighted by Crippen LogP contribution is 2.18. The first kappa shape index (κ1) is 17.9. The van der Waals surface area contributed by atoms with Crippen LogP contribution >= 0.6 is 11.3 Å². The molecule has 23 heavy (non-hydrogen) atoms. The molecule has 0 unspecified atom stereocenters. The number of likely N-dealkylation sites (tertiary alicyclic amines) is 1. The fraction of sp³-hybridized carbons (Fsp3) is 0.647. The molecule has 1 saturated heterocycles. The van der Waals surface area contributed by atoms with Crippen LogP contribution in [0.1, 0.15) is 59.6 Å². The van der Waals surface area contributed by atoms with Crippen molar-refractivity contribution in [2.45, 2.75) is 45.6 Å². The van der Waals surface area contributed by atoms with E-state index < -0.39 is 5.97 Å². The van der Waals surface area contributed by atoms with Crippen LogP contribution in [-0.2, 0) is 0 Å². The van der Waals surface area contributed by atoms with Gasteiger partial charge in [-0.25, -0.2) is 4.79 Å². The number of hydrogen-bond acceptors (Lipinski definition) is 4.